The molecule has 0 heterocycles. The van der Waals surface area contributed by atoms with Gasteiger partial charge in [-0.25, -0.2) is 8.78 Å². The fourth-order valence-electron chi connectivity index (χ4n) is 1.55. The van der Waals surface area contributed by atoms with Gasteiger partial charge in [0.1, 0.15) is 24.0 Å². The van der Waals surface area contributed by atoms with Crippen molar-refractivity contribution in [3.63, 3.8) is 0 Å². The van der Waals surface area contributed by atoms with Gasteiger partial charge >= 0.3 is 0 Å². The summed E-state index contributed by atoms with van der Waals surface area (Å²) in [5, 5.41) is 8.96. The normalized spacial score (nSPS) is 10.4. The van der Waals surface area contributed by atoms with Crippen LogP contribution in [0.5, 0.6) is 5.75 Å². The third kappa shape index (κ3) is 3.05. The van der Waals surface area contributed by atoms with Crippen molar-refractivity contribution in [2.24, 2.45) is 0 Å². The van der Waals surface area contributed by atoms with Crippen LogP contribution in [0.3, 0.4) is 0 Å². The molecule has 18 heavy (non-hydrogen) atoms. The van der Waals surface area contributed by atoms with E-state index in [2.05, 4.69) is 0 Å². The highest BCUT2D eigenvalue weighted by Crippen LogP contribution is 2.17. The van der Waals surface area contributed by atoms with Crippen LogP contribution in [0.4, 0.5) is 8.78 Å². The van der Waals surface area contributed by atoms with Gasteiger partial charge in [-0.05, 0) is 35.9 Å². The summed E-state index contributed by atoms with van der Waals surface area (Å²) < 4.78 is 31.6. The Bertz CT molecular complexity index is 541. The van der Waals surface area contributed by atoms with Gasteiger partial charge in [0.15, 0.2) is 0 Å². The van der Waals surface area contributed by atoms with E-state index >= 15 is 0 Å². The summed E-state index contributed by atoms with van der Waals surface area (Å²) in [6, 6.07) is 10.0. The molecule has 0 unspecified atom stereocenters. The average Bonchev–Trinajstić information content (AvgIpc) is 2.40. The number of hydrogen-bond donors (Lipinski definition) is 1. The molecule has 0 saturated heterocycles. The van der Waals surface area contributed by atoms with Crippen LogP contribution in [0.2, 0.25) is 0 Å². The van der Waals surface area contributed by atoms with Crippen molar-refractivity contribution < 1.29 is 18.6 Å². The standard InChI is InChI=1S/C14H12F2O2/c15-12-4-5-14(16)11(7-12)9-18-13-3-1-2-10(6-13)8-17/h1-7,17H,8-9H2. The predicted molar refractivity (Wildman–Crippen MR) is 63.1 cm³/mol. The van der Waals surface area contributed by atoms with E-state index < -0.39 is 11.6 Å². The van der Waals surface area contributed by atoms with Crippen molar-refractivity contribution in [1.29, 1.82) is 0 Å². The largest absolute Gasteiger partial charge is 0.489 e. The van der Waals surface area contributed by atoms with Crippen molar-refractivity contribution in [3.8, 4) is 5.75 Å². The molecule has 0 aliphatic rings. The zero-order valence-corrected chi connectivity index (χ0v) is 9.57. The van der Waals surface area contributed by atoms with E-state index in [0.29, 0.717) is 11.3 Å². The lowest BCUT2D eigenvalue weighted by molar-refractivity contribution is 0.277. The Hall–Kier alpha value is -1.94. The molecule has 0 aromatic heterocycles. The average molecular weight is 250 g/mol. The molecular weight excluding hydrogens is 238 g/mol. The first-order valence-electron chi connectivity index (χ1n) is 5.45. The summed E-state index contributed by atoms with van der Waals surface area (Å²) in [5.74, 6) is -0.501. The molecule has 94 valence electrons. The van der Waals surface area contributed by atoms with Gasteiger partial charge in [-0.1, -0.05) is 12.1 Å². The third-order valence-corrected chi connectivity index (χ3v) is 2.48. The monoisotopic (exact) mass is 250 g/mol. The zero-order chi connectivity index (χ0) is 13.0. The van der Waals surface area contributed by atoms with Crippen molar-refractivity contribution in [2.45, 2.75) is 13.2 Å². The molecule has 0 radical (unpaired) electrons. The van der Waals surface area contributed by atoms with Gasteiger partial charge < -0.3 is 9.84 Å². The van der Waals surface area contributed by atoms with Crippen LogP contribution < -0.4 is 4.74 Å². The molecule has 0 atom stereocenters. The first-order valence-corrected chi connectivity index (χ1v) is 5.45. The first kappa shape index (κ1) is 12.5. The number of ether oxygens (including phenoxy) is 1. The molecule has 2 nitrogen and oxygen atoms in total. The Balaban J connectivity index is 2.08. The summed E-state index contributed by atoms with van der Waals surface area (Å²) in [6.45, 7) is -0.149. The highest BCUT2D eigenvalue weighted by Gasteiger charge is 2.05. The lowest BCUT2D eigenvalue weighted by atomic mass is 10.2. The van der Waals surface area contributed by atoms with Crippen molar-refractivity contribution >= 4 is 0 Å². The molecule has 2 aromatic carbocycles. The molecule has 0 spiro atoms. The molecular formula is C14H12F2O2. The number of benzene rings is 2. The maximum atomic E-state index is 13.3. The SMILES string of the molecule is OCc1cccc(OCc2cc(F)ccc2F)c1. The maximum absolute atomic E-state index is 13.3. The fraction of sp³-hybridized carbons (Fsp3) is 0.143. The second-order valence-corrected chi connectivity index (χ2v) is 3.83. The molecule has 0 aliphatic heterocycles. The minimum Gasteiger partial charge on any atom is -0.489 e. The molecule has 1 N–H and O–H groups in total. The smallest absolute Gasteiger partial charge is 0.130 e. The molecule has 0 amide bonds. The van der Waals surface area contributed by atoms with Crippen LogP contribution >= 0.6 is 0 Å². The quantitative estimate of drug-likeness (QED) is 0.903. The summed E-state index contributed by atoms with van der Waals surface area (Å²) in [4.78, 5) is 0. The lowest BCUT2D eigenvalue weighted by Crippen LogP contribution is -1.99. The minimum atomic E-state index is -0.505. The Morgan fingerprint density at radius 2 is 1.89 bits per heavy atom. The van der Waals surface area contributed by atoms with Gasteiger partial charge in [0.2, 0.25) is 0 Å². The van der Waals surface area contributed by atoms with E-state index in [1.165, 1.54) is 0 Å². The number of hydrogen-bond acceptors (Lipinski definition) is 2. The molecule has 4 heteroatoms. The molecule has 0 fully saturated rings. The van der Waals surface area contributed by atoms with Crippen LogP contribution in [-0.4, -0.2) is 5.11 Å². The fourth-order valence-corrected chi connectivity index (χ4v) is 1.55. The van der Waals surface area contributed by atoms with E-state index in [-0.39, 0.29) is 18.8 Å². The van der Waals surface area contributed by atoms with Crippen molar-refractivity contribution in [3.05, 3.63) is 65.2 Å². The predicted octanol–water partition coefficient (Wildman–Crippen LogP) is 3.04. The highest BCUT2D eigenvalue weighted by atomic mass is 19.1. The van der Waals surface area contributed by atoms with E-state index in [1.54, 1.807) is 24.3 Å². The van der Waals surface area contributed by atoms with Crippen LogP contribution in [-0.2, 0) is 13.2 Å². The second kappa shape index (κ2) is 5.60. The summed E-state index contributed by atoms with van der Waals surface area (Å²) in [5.41, 5.74) is 0.858. The van der Waals surface area contributed by atoms with Gasteiger partial charge in [0.05, 0.1) is 6.61 Å². The van der Waals surface area contributed by atoms with E-state index in [9.17, 15) is 8.78 Å². The minimum absolute atomic E-state index is 0.0571. The summed E-state index contributed by atoms with van der Waals surface area (Å²) in [7, 11) is 0. The highest BCUT2D eigenvalue weighted by molar-refractivity contribution is 5.28. The van der Waals surface area contributed by atoms with E-state index in [4.69, 9.17) is 9.84 Å². The van der Waals surface area contributed by atoms with Crippen LogP contribution in [0.15, 0.2) is 42.5 Å². The number of aliphatic hydroxyl groups is 1. The molecule has 0 bridgehead atoms. The summed E-state index contributed by atoms with van der Waals surface area (Å²) in [6.07, 6.45) is 0. The second-order valence-electron chi connectivity index (χ2n) is 3.83. The van der Waals surface area contributed by atoms with Gasteiger partial charge in [-0.3, -0.25) is 0 Å². The van der Waals surface area contributed by atoms with Crippen LogP contribution in [0.1, 0.15) is 11.1 Å². The Kier molecular flexibility index (Phi) is 3.89. The molecule has 2 rings (SSSR count). The zero-order valence-electron chi connectivity index (χ0n) is 9.57. The van der Waals surface area contributed by atoms with Gasteiger partial charge in [0, 0.05) is 5.56 Å². The Labute approximate surface area is 103 Å². The summed E-state index contributed by atoms with van der Waals surface area (Å²) >= 11 is 0. The van der Waals surface area contributed by atoms with Gasteiger partial charge in [-0.2, -0.15) is 0 Å². The Morgan fingerprint density at radius 1 is 1.06 bits per heavy atom. The number of rotatable bonds is 4. The number of aliphatic hydroxyl groups excluding tert-OH is 1. The maximum Gasteiger partial charge on any atom is 0.130 e. The lowest BCUT2D eigenvalue weighted by Gasteiger charge is -2.08. The Morgan fingerprint density at radius 3 is 2.67 bits per heavy atom. The molecule has 0 aliphatic carbocycles. The van der Waals surface area contributed by atoms with Crippen LogP contribution in [0.25, 0.3) is 0 Å². The third-order valence-electron chi connectivity index (χ3n) is 2.48. The first-order chi connectivity index (χ1) is 8.69. The molecule has 2 aromatic rings. The van der Waals surface area contributed by atoms with Gasteiger partial charge in [-0.15, -0.1) is 0 Å². The topological polar surface area (TPSA) is 29.5 Å². The van der Waals surface area contributed by atoms with Crippen molar-refractivity contribution in [1.82, 2.24) is 0 Å². The van der Waals surface area contributed by atoms with Crippen LogP contribution in [0, 0.1) is 11.6 Å². The van der Waals surface area contributed by atoms with Crippen molar-refractivity contribution in [2.75, 3.05) is 0 Å². The number of halogens is 2. The van der Waals surface area contributed by atoms with Gasteiger partial charge in [0.25, 0.3) is 0 Å². The van der Waals surface area contributed by atoms with E-state index in [0.717, 1.165) is 18.2 Å². The van der Waals surface area contributed by atoms with E-state index in [1.807, 2.05) is 0 Å². The molecule has 0 saturated carbocycles.